The van der Waals surface area contributed by atoms with E-state index in [0.29, 0.717) is 5.69 Å². The second-order valence-corrected chi connectivity index (χ2v) is 4.01. The third-order valence-electron chi connectivity index (χ3n) is 3.04. The van der Waals surface area contributed by atoms with Gasteiger partial charge in [0.05, 0.1) is 18.3 Å². The van der Waals surface area contributed by atoms with Crippen LogP contribution in [0.1, 0.15) is 25.0 Å². The largest absolute Gasteiger partial charge is 0.394 e. The molecule has 0 aromatic carbocycles. The van der Waals surface area contributed by atoms with Gasteiger partial charge in [0.2, 0.25) is 0 Å². The van der Waals surface area contributed by atoms with Gasteiger partial charge in [-0.15, -0.1) is 0 Å². The van der Waals surface area contributed by atoms with Crippen LogP contribution in [0.3, 0.4) is 0 Å². The van der Waals surface area contributed by atoms with Crippen LogP contribution >= 0.6 is 0 Å². The molecular weight excluding hydrogens is 202 g/mol. The molecule has 1 atom stereocenters. The van der Waals surface area contributed by atoms with Crippen LogP contribution in [0.5, 0.6) is 0 Å². The van der Waals surface area contributed by atoms with Crippen molar-refractivity contribution in [3.8, 4) is 6.07 Å². The number of aliphatic hydroxyl groups is 1. The van der Waals surface area contributed by atoms with E-state index in [1.165, 1.54) is 0 Å². The van der Waals surface area contributed by atoms with Gasteiger partial charge in [-0.3, -0.25) is 0 Å². The summed E-state index contributed by atoms with van der Waals surface area (Å²) in [5.74, 6) is 0. The van der Waals surface area contributed by atoms with Gasteiger partial charge in [-0.2, -0.15) is 5.26 Å². The molecule has 0 radical (unpaired) electrons. The number of piperidine rings is 1. The van der Waals surface area contributed by atoms with Crippen LogP contribution in [0.2, 0.25) is 0 Å². The lowest BCUT2D eigenvalue weighted by atomic mass is 10.0. The fourth-order valence-electron chi connectivity index (χ4n) is 2.22. The summed E-state index contributed by atoms with van der Waals surface area (Å²) in [7, 11) is 0. The van der Waals surface area contributed by atoms with Crippen LogP contribution in [-0.4, -0.2) is 29.3 Å². The SMILES string of the molecule is N#Cc1ncccc1N1CCCCC1CO. The molecule has 1 fully saturated rings. The molecule has 1 aliphatic rings. The summed E-state index contributed by atoms with van der Waals surface area (Å²) in [6.07, 6.45) is 4.86. The highest BCUT2D eigenvalue weighted by atomic mass is 16.3. The number of rotatable bonds is 2. The number of anilines is 1. The van der Waals surface area contributed by atoms with Crippen molar-refractivity contribution in [2.75, 3.05) is 18.1 Å². The van der Waals surface area contributed by atoms with Crippen LogP contribution in [0.25, 0.3) is 0 Å². The first-order valence-electron chi connectivity index (χ1n) is 5.59. The molecule has 1 unspecified atom stereocenters. The van der Waals surface area contributed by atoms with Gasteiger partial charge in [-0.25, -0.2) is 4.98 Å². The first-order valence-corrected chi connectivity index (χ1v) is 5.59. The van der Waals surface area contributed by atoms with Gasteiger partial charge in [0.15, 0.2) is 5.69 Å². The second kappa shape index (κ2) is 4.95. The summed E-state index contributed by atoms with van der Waals surface area (Å²) >= 11 is 0. The zero-order chi connectivity index (χ0) is 11.4. The van der Waals surface area contributed by atoms with Gasteiger partial charge in [0.1, 0.15) is 6.07 Å². The zero-order valence-corrected chi connectivity index (χ0v) is 9.13. The Morgan fingerprint density at radius 1 is 1.56 bits per heavy atom. The van der Waals surface area contributed by atoms with Crippen LogP contribution in [0.15, 0.2) is 18.3 Å². The Morgan fingerprint density at radius 2 is 2.44 bits per heavy atom. The molecule has 0 spiro atoms. The van der Waals surface area contributed by atoms with E-state index in [2.05, 4.69) is 16.0 Å². The smallest absolute Gasteiger partial charge is 0.163 e. The highest BCUT2D eigenvalue weighted by Gasteiger charge is 2.23. The molecule has 2 heterocycles. The van der Waals surface area contributed by atoms with Crippen molar-refractivity contribution < 1.29 is 5.11 Å². The van der Waals surface area contributed by atoms with E-state index in [0.717, 1.165) is 31.5 Å². The van der Waals surface area contributed by atoms with Crippen molar-refractivity contribution in [1.29, 1.82) is 5.26 Å². The Balaban J connectivity index is 2.31. The summed E-state index contributed by atoms with van der Waals surface area (Å²) < 4.78 is 0. The quantitative estimate of drug-likeness (QED) is 0.811. The van der Waals surface area contributed by atoms with E-state index >= 15 is 0 Å². The standard InChI is InChI=1S/C12H15N3O/c13-8-11-12(5-3-6-14-11)15-7-2-1-4-10(15)9-16/h3,5-6,10,16H,1-2,4,7,9H2. The number of nitrogens with zero attached hydrogens (tertiary/aromatic N) is 3. The lowest BCUT2D eigenvalue weighted by Crippen LogP contribution is -2.42. The molecule has 1 saturated heterocycles. The zero-order valence-electron chi connectivity index (χ0n) is 9.13. The van der Waals surface area contributed by atoms with Crippen molar-refractivity contribution >= 4 is 5.69 Å². The van der Waals surface area contributed by atoms with Crippen molar-refractivity contribution in [1.82, 2.24) is 4.98 Å². The van der Waals surface area contributed by atoms with E-state index in [-0.39, 0.29) is 12.6 Å². The van der Waals surface area contributed by atoms with E-state index in [1.807, 2.05) is 12.1 Å². The van der Waals surface area contributed by atoms with Gasteiger partial charge in [-0.1, -0.05) is 0 Å². The maximum absolute atomic E-state index is 9.34. The number of hydrogen-bond donors (Lipinski definition) is 1. The van der Waals surface area contributed by atoms with E-state index in [9.17, 15) is 5.11 Å². The van der Waals surface area contributed by atoms with E-state index < -0.39 is 0 Å². The van der Waals surface area contributed by atoms with Crippen molar-refractivity contribution in [2.45, 2.75) is 25.3 Å². The van der Waals surface area contributed by atoms with Crippen LogP contribution in [0.4, 0.5) is 5.69 Å². The summed E-state index contributed by atoms with van der Waals surface area (Å²) in [5, 5.41) is 18.3. The van der Waals surface area contributed by atoms with E-state index in [4.69, 9.17) is 5.26 Å². The number of pyridine rings is 1. The maximum Gasteiger partial charge on any atom is 0.163 e. The molecule has 1 aliphatic heterocycles. The molecule has 84 valence electrons. The molecular formula is C12H15N3O. The molecule has 1 aromatic heterocycles. The molecule has 1 N–H and O–H groups in total. The molecule has 0 aliphatic carbocycles. The molecule has 0 saturated carbocycles. The number of hydrogen-bond acceptors (Lipinski definition) is 4. The molecule has 0 amide bonds. The predicted molar refractivity (Wildman–Crippen MR) is 61.0 cm³/mol. The summed E-state index contributed by atoms with van der Waals surface area (Å²) in [4.78, 5) is 6.16. The fourth-order valence-corrected chi connectivity index (χ4v) is 2.22. The van der Waals surface area contributed by atoms with Gasteiger partial charge in [0.25, 0.3) is 0 Å². The van der Waals surface area contributed by atoms with Gasteiger partial charge >= 0.3 is 0 Å². The van der Waals surface area contributed by atoms with Crippen LogP contribution in [-0.2, 0) is 0 Å². The minimum atomic E-state index is 0.130. The Kier molecular flexibility index (Phi) is 3.37. The Labute approximate surface area is 95.1 Å². The van der Waals surface area contributed by atoms with E-state index in [1.54, 1.807) is 6.20 Å². The van der Waals surface area contributed by atoms with Gasteiger partial charge < -0.3 is 10.0 Å². The summed E-state index contributed by atoms with van der Waals surface area (Å²) in [6.45, 7) is 1.03. The number of nitriles is 1. The predicted octanol–water partition coefficient (Wildman–Crippen LogP) is 1.30. The lowest BCUT2D eigenvalue weighted by molar-refractivity contribution is 0.240. The third kappa shape index (κ3) is 2.00. The molecule has 4 nitrogen and oxygen atoms in total. The number of aromatic nitrogens is 1. The average Bonchev–Trinajstić information content (AvgIpc) is 2.38. The lowest BCUT2D eigenvalue weighted by Gasteiger charge is -2.36. The van der Waals surface area contributed by atoms with Gasteiger partial charge in [-0.05, 0) is 31.4 Å². The topological polar surface area (TPSA) is 60.2 Å². The van der Waals surface area contributed by atoms with Crippen molar-refractivity contribution in [2.24, 2.45) is 0 Å². The number of aliphatic hydroxyl groups excluding tert-OH is 1. The average molecular weight is 217 g/mol. The minimum Gasteiger partial charge on any atom is -0.394 e. The highest BCUT2D eigenvalue weighted by molar-refractivity contribution is 5.56. The first-order chi connectivity index (χ1) is 7.86. The molecule has 1 aromatic rings. The Morgan fingerprint density at radius 3 is 3.19 bits per heavy atom. The van der Waals surface area contributed by atoms with Crippen LogP contribution < -0.4 is 4.90 Å². The molecule has 0 bridgehead atoms. The maximum atomic E-state index is 9.34. The third-order valence-corrected chi connectivity index (χ3v) is 3.04. The second-order valence-electron chi connectivity index (χ2n) is 4.01. The molecule has 16 heavy (non-hydrogen) atoms. The first kappa shape index (κ1) is 10.9. The van der Waals surface area contributed by atoms with Crippen LogP contribution in [0, 0.1) is 11.3 Å². The Hall–Kier alpha value is -1.60. The summed E-state index contributed by atoms with van der Waals surface area (Å²) in [5.41, 5.74) is 1.30. The summed E-state index contributed by atoms with van der Waals surface area (Å²) in [6, 6.07) is 5.97. The molecule has 4 heteroatoms. The molecule has 2 rings (SSSR count). The van der Waals surface area contributed by atoms with Crippen molar-refractivity contribution in [3.63, 3.8) is 0 Å². The monoisotopic (exact) mass is 217 g/mol. The highest BCUT2D eigenvalue weighted by Crippen LogP contribution is 2.26. The normalized spacial score (nSPS) is 20.5. The minimum absolute atomic E-state index is 0.130. The Bertz CT molecular complexity index is 399. The van der Waals surface area contributed by atoms with Gasteiger partial charge in [0, 0.05) is 12.7 Å². The fraction of sp³-hybridized carbons (Fsp3) is 0.500. The van der Waals surface area contributed by atoms with Crippen molar-refractivity contribution in [3.05, 3.63) is 24.0 Å².